The molecule has 0 bridgehead atoms. The second kappa shape index (κ2) is 9.25. The summed E-state index contributed by atoms with van der Waals surface area (Å²) in [4.78, 5) is 32.1. The minimum Gasteiger partial charge on any atom is -0.328 e. The van der Waals surface area contributed by atoms with Crippen molar-refractivity contribution in [3.8, 4) is 6.07 Å². The van der Waals surface area contributed by atoms with E-state index in [1.54, 1.807) is 9.80 Å². The molecule has 0 saturated carbocycles. The summed E-state index contributed by atoms with van der Waals surface area (Å²) in [6.07, 6.45) is 3.70. The number of nitriles is 1. The first-order chi connectivity index (χ1) is 13.6. The van der Waals surface area contributed by atoms with E-state index < -0.39 is 12.1 Å². The van der Waals surface area contributed by atoms with E-state index in [-0.39, 0.29) is 17.9 Å². The zero-order chi connectivity index (χ0) is 19.9. The molecule has 2 fully saturated rings. The van der Waals surface area contributed by atoms with Gasteiger partial charge in [0.1, 0.15) is 22.7 Å². The molecule has 0 aromatic heterocycles. The van der Waals surface area contributed by atoms with Gasteiger partial charge in [-0.1, -0.05) is 30.3 Å². The number of hydrogen-bond donors (Lipinski definition) is 1. The van der Waals surface area contributed by atoms with E-state index in [4.69, 9.17) is 5.53 Å². The van der Waals surface area contributed by atoms with Crippen LogP contribution in [0, 0.1) is 16.9 Å². The molecule has 0 unspecified atom stereocenters. The van der Waals surface area contributed by atoms with Crippen molar-refractivity contribution in [3.05, 3.63) is 35.9 Å². The first-order valence-electron chi connectivity index (χ1n) is 9.74. The Morgan fingerprint density at radius 3 is 2.79 bits per heavy atom. The predicted molar refractivity (Wildman–Crippen MR) is 101 cm³/mol. The first-order valence-corrected chi connectivity index (χ1v) is 9.74. The standard InChI is InChI=1S/C20H25N6O2/c21-13-17-9-5-11-25(17)20(28)18-12-16(23-24-22)14-26(18)19(27)10-4-8-15-6-2-1-3-7-15/h1-3,6-7,16-18,22H,4-5,8-12,14H2/q+1/t16-,17-,18-/m0/s1. The topological polar surface area (TPSA) is 115 Å². The molecule has 3 rings (SSSR count). The predicted octanol–water partition coefficient (Wildman–Crippen LogP) is 2.04. The Kier molecular flexibility index (Phi) is 6.51. The minimum atomic E-state index is -0.617. The van der Waals surface area contributed by atoms with Crippen molar-refractivity contribution in [2.45, 2.75) is 56.7 Å². The highest BCUT2D eigenvalue weighted by molar-refractivity contribution is 5.89. The van der Waals surface area contributed by atoms with E-state index >= 15 is 0 Å². The summed E-state index contributed by atoms with van der Waals surface area (Å²) in [7, 11) is 0. The lowest BCUT2D eigenvalue weighted by molar-refractivity contribution is -0.143. The van der Waals surface area contributed by atoms with Gasteiger partial charge in [0.05, 0.1) is 12.6 Å². The van der Waals surface area contributed by atoms with Crippen LogP contribution >= 0.6 is 0 Å². The van der Waals surface area contributed by atoms with Gasteiger partial charge in [-0.05, 0) is 31.2 Å². The molecule has 146 valence electrons. The Morgan fingerprint density at radius 1 is 1.29 bits per heavy atom. The summed E-state index contributed by atoms with van der Waals surface area (Å²) in [5.41, 5.74) is 8.14. The number of benzene rings is 1. The Labute approximate surface area is 164 Å². The van der Waals surface area contributed by atoms with Gasteiger partial charge in [0.25, 0.3) is 0 Å². The third-order valence-corrected chi connectivity index (χ3v) is 5.49. The Hall–Kier alpha value is -3.04. The number of rotatable bonds is 6. The lowest BCUT2D eigenvalue weighted by atomic mass is 10.1. The molecular weight excluding hydrogens is 356 g/mol. The van der Waals surface area contributed by atoms with Crippen LogP contribution in [0.5, 0.6) is 0 Å². The Bertz CT molecular complexity index is 799. The van der Waals surface area contributed by atoms with Crippen molar-refractivity contribution in [1.82, 2.24) is 14.7 Å². The molecule has 0 aliphatic carbocycles. The van der Waals surface area contributed by atoms with Crippen molar-refractivity contribution < 1.29 is 9.59 Å². The second-order valence-electron chi connectivity index (χ2n) is 7.32. The molecule has 2 aliphatic rings. The average molecular weight is 381 g/mol. The number of carbonyl (C=O) groups is 2. The molecule has 2 amide bonds. The maximum absolute atomic E-state index is 13.0. The molecule has 2 saturated heterocycles. The van der Waals surface area contributed by atoms with Gasteiger partial charge in [-0.25, -0.2) is 0 Å². The van der Waals surface area contributed by atoms with Crippen molar-refractivity contribution in [1.29, 1.82) is 10.8 Å². The van der Waals surface area contributed by atoms with Crippen molar-refractivity contribution >= 4 is 11.8 Å². The lowest BCUT2D eigenvalue weighted by Gasteiger charge is -2.29. The first kappa shape index (κ1) is 19.7. The van der Waals surface area contributed by atoms with Gasteiger partial charge in [0.15, 0.2) is 6.04 Å². The van der Waals surface area contributed by atoms with Crippen LogP contribution in [0.1, 0.15) is 37.7 Å². The summed E-state index contributed by atoms with van der Waals surface area (Å²) in [6.45, 7) is 0.849. The normalized spacial score (nSPS) is 23.9. The molecule has 2 aliphatic heterocycles. The second-order valence-corrected chi connectivity index (χ2v) is 7.32. The van der Waals surface area contributed by atoms with Crippen LogP contribution in [-0.4, -0.2) is 52.8 Å². The fraction of sp³-hybridized carbons (Fsp3) is 0.550. The summed E-state index contributed by atoms with van der Waals surface area (Å²) in [6, 6.07) is 10.8. The molecule has 8 nitrogen and oxygen atoms in total. The summed E-state index contributed by atoms with van der Waals surface area (Å²) in [5, 5.41) is 13.1. The van der Waals surface area contributed by atoms with Gasteiger partial charge in [-0.2, -0.15) is 5.26 Å². The van der Waals surface area contributed by atoms with Crippen LogP contribution < -0.4 is 4.91 Å². The van der Waals surface area contributed by atoms with E-state index in [2.05, 4.69) is 16.1 Å². The molecule has 8 heteroatoms. The summed E-state index contributed by atoms with van der Waals surface area (Å²) < 4.78 is 0. The molecule has 0 radical (unpaired) electrons. The minimum absolute atomic E-state index is 0.0790. The lowest BCUT2D eigenvalue weighted by Crippen LogP contribution is -2.49. The Balaban J connectivity index is 1.65. The highest BCUT2D eigenvalue weighted by atomic mass is 16.2. The molecule has 0 spiro atoms. The van der Waals surface area contributed by atoms with Crippen molar-refractivity contribution in [2.75, 3.05) is 13.1 Å². The van der Waals surface area contributed by atoms with Crippen molar-refractivity contribution in [2.24, 2.45) is 5.11 Å². The van der Waals surface area contributed by atoms with E-state index in [0.29, 0.717) is 38.8 Å². The van der Waals surface area contributed by atoms with Crippen LogP contribution in [0.4, 0.5) is 0 Å². The summed E-state index contributed by atoms with van der Waals surface area (Å²) >= 11 is 0. The largest absolute Gasteiger partial charge is 0.328 e. The highest BCUT2D eigenvalue weighted by Crippen LogP contribution is 2.27. The van der Waals surface area contributed by atoms with Gasteiger partial charge in [-0.15, -0.1) is 0 Å². The van der Waals surface area contributed by atoms with Gasteiger partial charge in [0, 0.05) is 19.4 Å². The monoisotopic (exact) mass is 381 g/mol. The maximum atomic E-state index is 13.0. The van der Waals surface area contributed by atoms with Crippen molar-refractivity contribution in [3.63, 3.8) is 0 Å². The SMILES string of the molecule is N#C[C@@H]1CCCN1C(=O)[C@@H]1C[C@H](N=[N+]=N)CN1C(=O)CCCc1ccccc1. The number of aryl methyl sites for hydroxylation is 1. The molecule has 1 aromatic rings. The van der Waals surface area contributed by atoms with Gasteiger partial charge >= 0.3 is 0 Å². The van der Waals surface area contributed by atoms with Crippen LogP contribution in [-0.2, 0) is 16.0 Å². The van der Waals surface area contributed by atoms with E-state index in [1.165, 1.54) is 5.56 Å². The van der Waals surface area contributed by atoms with E-state index in [0.717, 1.165) is 12.8 Å². The van der Waals surface area contributed by atoms with Crippen LogP contribution in [0.3, 0.4) is 0 Å². The number of carbonyl (C=O) groups excluding carboxylic acids is 2. The fourth-order valence-electron chi connectivity index (χ4n) is 4.08. The number of amides is 2. The van der Waals surface area contributed by atoms with Crippen LogP contribution in [0.2, 0.25) is 0 Å². The third-order valence-electron chi connectivity index (χ3n) is 5.49. The summed E-state index contributed by atoms with van der Waals surface area (Å²) in [5.74, 6) is -0.257. The van der Waals surface area contributed by atoms with E-state index in [9.17, 15) is 14.9 Å². The zero-order valence-electron chi connectivity index (χ0n) is 15.8. The number of hydrogen-bond acceptors (Lipinski definition) is 5. The number of nitrogens with zero attached hydrogens (tertiary/aromatic N) is 5. The van der Waals surface area contributed by atoms with Gasteiger partial charge in [-0.3, -0.25) is 9.59 Å². The van der Waals surface area contributed by atoms with Gasteiger partial charge < -0.3 is 9.80 Å². The molecular formula is C20H25N6O2+. The van der Waals surface area contributed by atoms with Crippen LogP contribution in [0.15, 0.2) is 35.4 Å². The van der Waals surface area contributed by atoms with Gasteiger partial charge in [0.2, 0.25) is 16.7 Å². The molecule has 1 N–H and O–H groups in total. The Morgan fingerprint density at radius 2 is 2.07 bits per heavy atom. The molecule has 3 atom stereocenters. The fourth-order valence-corrected chi connectivity index (χ4v) is 4.08. The maximum Gasteiger partial charge on any atom is 0.246 e. The molecule has 2 heterocycles. The average Bonchev–Trinajstić information content (AvgIpc) is 3.35. The quantitative estimate of drug-likeness (QED) is 0.600. The highest BCUT2D eigenvalue weighted by Gasteiger charge is 2.45. The number of likely N-dealkylation sites (tertiary alicyclic amines) is 2. The number of nitrogens with one attached hydrogen (secondary N) is 1. The van der Waals surface area contributed by atoms with E-state index in [1.807, 2.05) is 30.3 Å². The third kappa shape index (κ3) is 4.44. The molecule has 28 heavy (non-hydrogen) atoms. The zero-order valence-corrected chi connectivity index (χ0v) is 15.8. The van der Waals surface area contributed by atoms with Crippen LogP contribution in [0.25, 0.3) is 0 Å². The smallest absolute Gasteiger partial charge is 0.246 e. The molecule has 1 aromatic carbocycles.